The quantitative estimate of drug-likeness (QED) is 0.750. The topological polar surface area (TPSA) is 49.8 Å². The summed E-state index contributed by atoms with van der Waals surface area (Å²) in [5.74, 6) is 1.07. The molecule has 0 radical (unpaired) electrons. The van der Waals surface area contributed by atoms with Crippen LogP contribution in [0.25, 0.3) is 0 Å². The van der Waals surface area contributed by atoms with E-state index < -0.39 is 12.6 Å². The van der Waals surface area contributed by atoms with Crippen LogP contribution in [0.15, 0.2) is 6.20 Å². The molecule has 2 N–H and O–H groups in total. The first-order chi connectivity index (χ1) is 8.92. The van der Waals surface area contributed by atoms with Gasteiger partial charge in [-0.25, -0.2) is 4.98 Å². The van der Waals surface area contributed by atoms with Crippen LogP contribution in [0.5, 0.6) is 0 Å². The van der Waals surface area contributed by atoms with Crippen LogP contribution in [0.1, 0.15) is 31.7 Å². The molecule has 0 amide bonds. The number of aromatic nitrogens is 2. The van der Waals surface area contributed by atoms with Gasteiger partial charge in [0.05, 0.1) is 0 Å². The van der Waals surface area contributed by atoms with Crippen molar-refractivity contribution in [2.75, 3.05) is 23.7 Å². The molecule has 0 saturated heterocycles. The lowest BCUT2D eigenvalue weighted by atomic mass is 10.3. The van der Waals surface area contributed by atoms with Gasteiger partial charge in [-0.15, -0.1) is 0 Å². The number of nitrogens with zero attached hydrogens (tertiary/aromatic N) is 2. The van der Waals surface area contributed by atoms with Crippen LogP contribution in [0.2, 0.25) is 0 Å². The number of rotatable bonds is 7. The Morgan fingerprint density at radius 3 is 2.58 bits per heavy atom. The zero-order valence-electron chi connectivity index (χ0n) is 11.1. The Balaban J connectivity index is 2.47. The molecule has 0 aliphatic heterocycles. The van der Waals surface area contributed by atoms with E-state index in [1.54, 1.807) is 6.20 Å². The first kappa shape index (κ1) is 15.5. The van der Waals surface area contributed by atoms with Crippen LogP contribution >= 0.6 is 0 Å². The summed E-state index contributed by atoms with van der Waals surface area (Å²) in [4.78, 5) is 8.33. The molecule has 0 saturated carbocycles. The molecule has 4 nitrogen and oxygen atoms in total. The van der Waals surface area contributed by atoms with E-state index in [1.165, 1.54) is 0 Å². The van der Waals surface area contributed by atoms with E-state index in [2.05, 4.69) is 20.6 Å². The van der Waals surface area contributed by atoms with Crippen LogP contribution in [0, 0.1) is 6.92 Å². The monoisotopic (exact) mass is 276 g/mol. The minimum atomic E-state index is -4.10. The highest BCUT2D eigenvalue weighted by Crippen LogP contribution is 2.21. The van der Waals surface area contributed by atoms with Crippen LogP contribution in [-0.2, 0) is 0 Å². The van der Waals surface area contributed by atoms with Crippen LogP contribution in [0.4, 0.5) is 24.9 Å². The zero-order chi connectivity index (χ0) is 14.3. The Kier molecular flexibility index (Phi) is 5.85. The number of anilines is 2. The summed E-state index contributed by atoms with van der Waals surface area (Å²) >= 11 is 0. The molecule has 108 valence electrons. The second-order valence-corrected chi connectivity index (χ2v) is 4.30. The number of hydrogen-bond acceptors (Lipinski definition) is 4. The third-order valence-corrected chi connectivity index (χ3v) is 2.43. The molecule has 0 bridgehead atoms. The van der Waals surface area contributed by atoms with Gasteiger partial charge in [0.25, 0.3) is 0 Å². The highest BCUT2D eigenvalue weighted by molar-refractivity contribution is 5.46. The Hall–Kier alpha value is -1.53. The molecule has 0 aliphatic rings. The summed E-state index contributed by atoms with van der Waals surface area (Å²) < 4.78 is 36.0. The first-order valence-corrected chi connectivity index (χ1v) is 6.30. The molecule has 1 aromatic heterocycles. The van der Waals surface area contributed by atoms with Gasteiger partial charge in [0, 0.05) is 31.3 Å². The molecule has 1 aromatic rings. The molecule has 0 atom stereocenters. The maximum absolute atomic E-state index is 12.0. The molecule has 0 fully saturated rings. The van der Waals surface area contributed by atoms with Crippen LogP contribution in [0.3, 0.4) is 0 Å². The van der Waals surface area contributed by atoms with Gasteiger partial charge in [-0.3, -0.25) is 0 Å². The van der Waals surface area contributed by atoms with Crippen molar-refractivity contribution in [1.82, 2.24) is 9.97 Å². The lowest BCUT2D eigenvalue weighted by Gasteiger charge is -2.11. The van der Waals surface area contributed by atoms with Crippen molar-refractivity contribution in [3.63, 3.8) is 0 Å². The van der Waals surface area contributed by atoms with Gasteiger partial charge in [0.1, 0.15) is 5.82 Å². The summed E-state index contributed by atoms with van der Waals surface area (Å²) in [5.41, 5.74) is 0.814. The molecule has 1 rings (SSSR count). The number of aryl methyl sites for hydroxylation is 1. The fraction of sp³-hybridized carbons (Fsp3) is 0.667. The summed E-state index contributed by atoms with van der Waals surface area (Å²) in [6, 6.07) is 0. The van der Waals surface area contributed by atoms with E-state index in [1.807, 2.05) is 13.8 Å². The number of nitrogens with one attached hydrogen (secondary N) is 2. The molecule has 0 unspecified atom stereocenters. The number of hydrogen-bond donors (Lipinski definition) is 2. The van der Waals surface area contributed by atoms with Crippen molar-refractivity contribution in [3.05, 3.63) is 11.8 Å². The molecule has 1 heterocycles. The second kappa shape index (κ2) is 7.16. The van der Waals surface area contributed by atoms with Gasteiger partial charge in [0.2, 0.25) is 5.95 Å². The van der Waals surface area contributed by atoms with Crippen molar-refractivity contribution in [2.45, 2.75) is 39.3 Å². The largest absolute Gasteiger partial charge is 0.389 e. The van der Waals surface area contributed by atoms with E-state index in [9.17, 15) is 13.2 Å². The lowest BCUT2D eigenvalue weighted by molar-refractivity contribution is -0.134. The average Bonchev–Trinajstić information content (AvgIpc) is 2.33. The molecule has 0 aromatic carbocycles. The van der Waals surface area contributed by atoms with Crippen molar-refractivity contribution in [1.29, 1.82) is 0 Å². The van der Waals surface area contributed by atoms with Gasteiger partial charge in [-0.2, -0.15) is 18.2 Å². The van der Waals surface area contributed by atoms with E-state index in [0.717, 1.165) is 18.5 Å². The summed E-state index contributed by atoms with van der Waals surface area (Å²) in [7, 11) is 0. The van der Waals surface area contributed by atoms with E-state index in [4.69, 9.17) is 0 Å². The summed E-state index contributed by atoms with van der Waals surface area (Å²) in [6.45, 7) is 4.84. The Morgan fingerprint density at radius 2 is 1.95 bits per heavy atom. The third-order valence-electron chi connectivity index (χ3n) is 2.43. The fourth-order valence-electron chi connectivity index (χ4n) is 1.44. The van der Waals surface area contributed by atoms with Gasteiger partial charge in [-0.1, -0.05) is 6.92 Å². The molecule has 0 aliphatic carbocycles. The molecular weight excluding hydrogens is 257 g/mol. The third kappa shape index (κ3) is 6.26. The molecule has 7 heteroatoms. The van der Waals surface area contributed by atoms with Crippen LogP contribution in [-0.4, -0.2) is 29.2 Å². The highest BCUT2D eigenvalue weighted by Gasteiger charge is 2.25. The minimum Gasteiger partial charge on any atom is -0.370 e. The van der Waals surface area contributed by atoms with E-state index >= 15 is 0 Å². The zero-order valence-corrected chi connectivity index (χ0v) is 11.1. The standard InChI is InChI=1S/C12H19F3N4/c1-3-6-17-11-18-8-9(2)10(19-11)16-7-4-5-12(13,14)15/h8H,3-7H2,1-2H3,(H2,16,17,18,19). The molecule has 0 spiro atoms. The van der Waals surface area contributed by atoms with Crippen molar-refractivity contribution in [3.8, 4) is 0 Å². The SMILES string of the molecule is CCCNc1ncc(C)c(NCCCC(F)(F)F)n1. The first-order valence-electron chi connectivity index (χ1n) is 6.30. The maximum Gasteiger partial charge on any atom is 0.389 e. The maximum atomic E-state index is 12.0. The normalized spacial score (nSPS) is 11.4. The average molecular weight is 276 g/mol. The predicted molar refractivity (Wildman–Crippen MR) is 69.3 cm³/mol. The highest BCUT2D eigenvalue weighted by atomic mass is 19.4. The molecular formula is C12H19F3N4. The summed E-state index contributed by atoms with van der Waals surface area (Å²) in [5, 5.41) is 5.95. The van der Waals surface area contributed by atoms with Crippen LogP contribution < -0.4 is 10.6 Å². The predicted octanol–water partition coefficient (Wildman–Crippen LogP) is 3.36. The van der Waals surface area contributed by atoms with E-state index in [-0.39, 0.29) is 13.0 Å². The Labute approximate surface area is 110 Å². The van der Waals surface area contributed by atoms with Crippen molar-refractivity contribution < 1.29 is 13.2 Å². The fourth-order valence-corrected chi connectivity index (χ4v) is 1.44. The van der Waals surface area contributed by atoms with Gasteiger partial charge < -0.3 is 10.6 Å². The molecule has 19 heavy (non-hydrogen) atoms. The van der Waals surface area contributed by atoms with Gasteiger partial charge >= 0.3 is 6.18 Å². The van der Waals surface area contributed by atoms with Gasteiger partial charge in [-0.05, 0) is 19.8 Å². The Morgan fingerprint density at radius 1 is 1.21 bits per heavy atom. The summed E-state index contributed by atoms with van der Waals surface area (Å²) in [6.07, 6.45) is -2.26. The van der Waals surface area contributed by atoms with E-state index in [0.29, 0.717) is 11.8 Å². The van der Waals surface area contributed by atoms with Gasteiger partial charge in [0.15, 0.2) is 0 Å². The smallest absolute Gasteiger partial charge is 0.370 e. The second-order valence-electron chi connectivity index (χ2n) is 4.30. The number of alkyl halides is 3. The minimum absolute atomic E-state index is 0.0324. The van der Waals surface area contributed by atoms with Crippen molar-refractivity contribution >= 4 is 11.8 Å². The van der Waals surface area contributed by atoms with Crippen molar-refractivity contribution in [2.24, 2.45) is 0 Å². The number of halogens is 3. The lowest BCUT2D eigenvalue weighted by Crippen LogP contribution is -2.13. The Bertz CT molecular complexity index is 393.